The number of nitrogen functional groups attached to an aromatic ring is 1. The fourth-order valence-electron chi connectivity index (χ4n) is 1.05. The number of benzene rings is 1. The molecule has 1 aromatic carbocycles. The summed E-state index contributed by atoms with van der Waals surface area (Å²) in [6.07, 6.45) is 1.69. The van der Waals surface area contributed by atoms with E-state index in [0.29, 0.717) is 17.3 Å². The van der Waals surface area contributed by atoms with Crippen molar-refractivity contribution >= 4 is 33.8 Å². The van der Waals surface area contributed by atoms with Gasteiger partial charge in [0.2, 0.25) is 0 Å². The number of halogens is 1. The molecular formula is C10H15ClN2OS. The summed E-state index contributed by atoms with van der Waals surface area (Å²) >= 11 is 5.84. The van der Waals surface area contributed by atoms with E-state index in [9.17, 15) is 4.21 Å². The zero-order valence-electron chi connectivity index (χ0n) is 8.79. The maximum atomic E-state index is 11.1. The summed E-state index contributed by atoms with van der Waals surface area (Å²) in [7, 11) is -0.832. The van der Waals surface area contributed by atoms with Crippen LogP contribution in [0.3, 0.4) is 0 Å². The SMILES string of the molecule is CC(CNc1cc(Cl)ccc1N)S(C)=O. The number of nitrogens with two attached hydrogens (primary N) is 1. The first-order valence-electron chi connectivity index (χ1n) is 4.62. The maximum absolute atomic E-state index is 11.1. The predicted molar refractivity (Wildman–Crippen MR) is 67.9 cm³/mol. The second-order valence-corrected chi connectivity index (χ2v) is 5.66. The van der Waals surface area contributed by atoms with Crippen LogP contribution in [0.15, 0.2) is 18.2 Å². The first-order chi connectivity index (χ1) is 7.00. The fourth-order valence-corrected chi connectivity index (χ4v) is 1.54. The minimum Gasteiger partial charge on any atom is -0.397 e. The van der Waals surface area contributed by atoms with E-state index < -0.39 is 10.8 Å². The molecule has 84 valence electrons. The van der Waals surface area contributed by atoms with Gasteiger partial charge in [0.25, 0.3) is 0 Å². The Hall–Kier alpha value is -0.740. The highest BCUT2D eigenvalue weighted by Crippen LogP contribution is 2.22. The van der Waals surface area contributed by atoms with Crippen molar-refractivity contribution in [2.45, 2.75) is 12.2 Å². The van der Waals surface area contributed by atoms with E-state index in [1.54, 1.807) is 24.5 Å². The quantitative estimate of drug-likeness (QED) is 0.800. The third kappa shape index (κ3) is 3.72. The molecule has 0 aliphatic carbocycles. The van der Waals surface area contributed by atoms with Crippen LogP contribution < -0.4 is 11.1 Å². The lowest BCUT2D eigenvalue weighted by molar-refractivity contribution is 0.679. The molecular weight excluding hydrogens is 232 g/mol. The third-order valence-electron chi connectivity index (χ3n) is 2.16. The smallest absolute Gasteiger partial charge is 0.0589 e. The van der Waals surface area contributed by atoms with Crippen molar-refractivity contribution in [2.24, 2.45) is 0 Å². The highest BCUT2D eigenvalue weighted by Gasteiger charge is 2.06. The van der Waals surface area contributed by atoms with Crippen LogP contribution in [-0.2, 0) is 10.8 Å². The van der Waals surface area contributed by atoms with Crippen LogP contribution in [0.5, 0.6) is 0 Å². The second kappa shape index (κ2) is 5.37. The first kappa shape index (κ1) is 12.3. The summed E-state index contributed by atoms with van der Waals surface area (Å²) < 4.78 is 11.1. The average Bonchev–Trinajstić information content (AvgIpc) is 2.18. The van der Waals surface area contributed by atoms with Gasteiger partial charge in [-0.2, -0.15) is 0 Å². The van der Waals surface area contributed by atoms with Gasteiger partial charge in [0.05, 0.1) is 11.4 Å². The molecule has 1 rings (SSSR count). The van der Waals surface area contributed by atoms with Crippen LogP contribution in [0.1, 0.15) is 6.92 Å². The standard InChI is InChI=1S/C10H15ClN2OS/c1-7(15(2)14)6-13-10-5-8(11)3-4-9(10)12/h3-5,7,13H,6,12H2,1-2H3. The Balaban J connectivity index is 2.65. The Labute approximate surface area is 97.5 Å². The Bertz CT molecular complexity index is 370. The number of hydrogen-bond acceptors (Lipinski definition) is 3. The summed E-state index contributed by atoms with van der Waals surface area (Å²) in [5, 5.41) is 3.85. The van der Waals surface area contributed by atoms with Crippen LogP contribution in [0.4, 0.5) is 11.4 Å². The van der Waals surface area contributed by atoms with E-state index in [-0.39, 0.29) is 5.25 Å². The van der Waals surface area contributed by atoms with Crippen molar-refractivity contribution < 1.29 is 4.21 Å². The number of anilines is 2. The van der Waals surface area contributed by atoms with E-state index in [2.05, 4.69) is 5.32 Å². The molecule has 0 heterocycles. The van der Waals surface area contributed by atoms with Gasteiger partial charge in [0.1, 0.15) is 0 Å². The summed E-state index contributed by atoms with van der Waals surface area (Å²) in [5.41, 5.74) is 7.19. The molecule has 0 saturated heterocycles. The first-order valence-corrected chi connectivity index (χ1v) is 6.61. The molecule has 0 aliphatic heterocycles. The molecule has 0 amide bonds. The minimum absolute atomic E-state index is 0.0865. The highest BCUT2D eigenvalue weighted by molar-refractivity contribution is 7.84. The molecule has 0 spiro atoms. The van der Waals surface area contributed by atoms with E-state index in [0.717, 1.165) is 5.69 Å². The van der Waals surface area contributed by atoms with Gasteiger partial charge in [-0.1, -0.05) is 11.6 Å². The number of rotatable bonds is 4. The molecule has 3 nitrogen and oxygen atoms in total. The normalized spacial score (nSPS) is 14.6. The van der Waals surface area contributed by atoms with Crippen LogP contribution in [-0.4, -0.2) is 22.3 Å². The topological polar surface area (TPSA) is 55.1 Å². The average molecular weight is 247 g/mol. The molecule has 0 aliphatic rings. The highest BCUT2D eigenvalue weighted by atomic mass is 35.5. The zero-order valence-corrected chi connectivity index (χ0v) is 10.4. The van der Waals surface area contributed by atoms with E-state index >= 15 is 0 Å². The summed E-state index contributed by atoms with van der Waals surface area (Å²) in [6, 6.07) is 5.25. The van der Waals surface area contributed by atoms with Gasteiger partial charge in [-0.05, 0) is 25.1 Å². The summed E-state index contributed by atoms with van der Waals surface area (Å²) in [6.45, 7) is 2.54. The molecule has 0 bridgehead atoms. The van der Waals surface area contributed by atoms with Crippen LogP contribution in [0, 0.1) is 0 Å². The molecule has 0 saturated carbocycles. The Morgan fingerprint density at radius 2 is 2.27 bits per heavy atom. The van der Waals surface area contributed by atoms with Crippen molar-refractivity contribution in [2.75, 3.05) is 23.9 Å². The van der Waals surface area contributed by atoms with Crippen molar-refractivity contribution in [3.63, 3.8) is 0 Å². The fraction of sp³-hybridized carbons (Fsp3) is 0.400. The molecule has 15 heavy (non-hydrogen) atoms. The van der Waals surface area contributed by atoms with Crippen molar-refractivity contribution in [1.29, 1.82) is 0 Å². The van der Waals surface area contributed by atoms with Gasteiger partial charge < -0.3 is 11.1 Å². The van der Waals surface area contributed by atoms with Crippen molar-refractivity contribution in [3.05, 3.63) is 23.2 Å². The van der Waals surface area contributed by atoms with Gasteiger partial charge in [-0.3, -0.25) is 4.21 Å². The van der Waals surface area contributed by atoms with Gasteiger partial charge >= 0.3 is 0 Å². The molecule has 3 N–H and O–H groups in total. The summed E-state index contributed by atoms with van der Waals surface area (Å²) in [4.78, 5) is 0. The second-order valence-electron chi connectivity index (χ2n) is 3.42. The van der Waals surface area contributed by atoms with Gasteiger partial charge in [0, 0.05) is 33.9 Å². The monoisotopic (exact) mass is 246 g/mol. The van der Waals surface area contributed by atoms with E-state index in [1.807, 2.05) is 6.92 Å². The Kier molecular flexibility index (Phi) is 4.42. The lowest BCUT2D eigenvalue weighted by Crippen LogP contribution is -2.21. The number of nitrogens with one attached hydrogen (secondary N) is 1. The van der Waals surface area contributed by atoms with Gasteiger partial charge in [-0.25, -0.2) is 0 Å². The Morgan fingerprint density at radius 1 is 1.60 bits per heavy atom. The van der Waals surface area contributed by atoms with Crippen LogP contribution in [0.2, 0.25) is 5.02 Å². The molecule has 0 fully saturated rings. The molecule has 5 heteroatoms. The minimum atomic E-state index is -0.832. The van der Waals surface area contributed by atoms with E-state index in [1.165, 1.54) is 0 Å². The van der Waals surface area contributed by atoms with Crippen molar-refractivity contribution in [3.8, 4) is 0 Å². The summed E-state index contributed by atoms with van der Waals surface area (Å²) in [5.74, 6) is 0. The number of hydrogen-bond donors (Lipinski definition) is 2. The molecule has 2 unspecified atom stereocenters. The lowest BCUT2D eigenvalue weighted by atomic mass is 10.2. The third-order valence-corrected chi connectivity index (χ3v) is 3.70. The van der Waals surface area contributed by atoms with Crippen LogP contribution in [0.25, 0.3) is 0 Å². The maximum Gasteiger partial charge on any atom is 0.0589 e. The molecule has 2 atom stereocenters. The molecule has 0 aromatic heterocycles. The van der Waals surface area contributed by atoms with Crippen molar-refractivity contribution in [1.82, 2.24) is 0 Å². The lowest BCUT2D eigenvalue weighted by Gasteiger charge is -2.13. The van der Waals surface area contributed by atoms with Crippen LogP contribution >= 0.6 is 11.6 Å². The van der Waals surface area contributed by atoms with Gasteiger partial charge in [0.15, 0.2) is 0 Å². The largest absolute Gasteiger partial charge is 0.397 e. The predicted octanol–water partition coefficient (Wildman–Crippen LogP) is 2.10. The zero-order chi connectivity index (χ0) is 11.4. The molecule has 0 radical (unpaired) electrons. The van der Waals surface area contributed by atoms with Gasteiger partial charge in [-0.15, -0.1) is 0 Å². The van der Waals surface area contributed by atoms with E-state index in [4.69, 9.17) is 17.3 Å². The Morgan fingerprint density at radius 3 is 2.87 bits per heavy atom. The molecule has 1 aromatic rings.